The van der Waals surface area contributed by atoms with Gasteiger partial charge in [-0.1, -0.05) is 56.7 Å². The summed E-state index contributed by atoms with van der Waals surface area (Å²) in [6.07, 6.45) is 1.14. The molecule has 110 valence electrons. The molecule has 0 aromatic heterocycles. The van der Waals surface area contributed by atoms with Gasteiger partial charge in [-0.15, -0.1) is 0 Å². The van der Waals surface area contributed by atoms with E-state index < -0.39 is 0 Å². The van der Waals surface area contributed by atoms with E-state index in [0.717, 1.165) is 12.2 Å². The third-order valence-electron chi connectivity index (χ3n) is 5.02. The van der Waals surface area contributed by atoms with Gasteiger partial charge in [0.05, 0.1) is 7.11 Å². The van der Waals surface area contributed by atoms with E-state index in [1.165, 1.54) is 22.3 Å². The second-order valence-corrected chi connectivity index (χ2v) is 7.17. The Hall–Kier alpha value is -1.76. The van der Waals surface area contributed by atoms with E-state index in [9.17, 15) is 0 Å². The molecule has 0 saturated heterocycles. The summed E-state index contributed by atoms with van der Waals surface area (Å²) in [5.74, 6) is 0.920. The van der Waals surface area contributed by atoms with Crippen LogP contribution in [0.2, 0.25) is 0 Å². The van der Waals surface area contributed by atoms with Crippen molar-refractivity contribution in [2.45, 2.75) is 44.9 Å². The first-order valence-electron chi connectivity index (χ1n) is 7.63. The highest BCUT2D eigenvalue weighted by molar-refractivity contribution is 5.53. The summed E-state index contributed by atoms with van der Waals surface area (Å²) in [6, 6.07) is 15.5. The molecule has 1 unspecified atom stereocenters. The number of hydrogen-bond acceptors (Lipinski definition) is 1. The molecule has 0 N–H and O–H groups in total. The van der Waals surface area contributed by atoms with Crippen LogP contribution in [0.1, 0.15) is 49.4 Å². The van der Waals surface area contributed by atoms with E-state index in [1.807, 2.05) is 0 Å². The molecular weight excluding hydrogens is 256 g/mol. The zero-order valence-electron chi connectivity index (χ0n) is 13.7. The molecule has 1 nitrogen and oxygen atoms in total. The highest BCUT2D eigenvalue weighted by Crippen LogP contribution is 2.52. The van der Waals surface area contributed by atoms with Gasteiger partial charge in [0, 0.05) is 5.41 Å². The first-order valence-corrected chi connectivity index (χ1v) is 7.63. The lowest BCUT2D eigenvalue weighted by Crippen LogP contribution is -2.23. The predicted molar refractivity (Wildman–Crippen MR) is 88.3 cm³/mol. The van der Waals surface area contributed by atoms with Gasteiger partial charge < -0.3 is 4.74 Å². The lowest BCUT2D eigenvalue weighted by Gasteiger charge is -2.28. The van der Waals surface area contributed by atoms with Crippen LogP contribution in [-0.4, -0.2) is 7.11 Å². The van der Waals surface area contributed by atoms with E-state index in [4.69, 9.17) is 4.74 Å². The Morgan fingerprint density at radius 2 is 1.57 bits per heavy atom. The van der Waals surface area contributed by atoms with Crippen molar-refractivity contribution >= 4 is 0 Å². The topological polar surface area (TPSA) is 9.23 Å². The Bertz CT molecular complexity index is 667. The van der Waals surface area contributed by atoms with Crippen LogP contribution in [0.25, 0.3) is 0 Å². The van der Waals surface area contributed by atoms with Crippen LogP contribution in [-0.2, 0) is 10.8 Å². The molecule has 1 heteroatoms. The molecule has 2 aromatic rings. The molecule has 21 heavy (non-hydrogen) atoms. The summed E-state index contributed by atoms with van der Waals surface area (Å²) in [4.78, 5) is 0. The normalized spacial score (nSPS) is 22.9. The maximum absolute atomic E-state index is 5.29. The van der Waals surface area contributed by atoms with Crippen LogP contribution in [0.4, 0.5) is 0 Å². The van der Waals surface area contributed by atoms with E-state index in [1.54, 1.807) is 7.11 Å². The van der Waals surface area contributed by atoms with Gasteiger partial charge in [0.2, 0.25) is 0 Å². The number of fused-ring (bicyclic) bond motifs is 1. The molecule has 0 saturated carbocycles. The van der Waals surface area contributed by atoms with Crippen molar-refractivity contribution in [1.82, 2.24) is 0 Å². The van der Waals surface area contributed by atoms with Crippen molar-refractivity contribution in [3.63, 3.8) is 0 Å². The summed E-state index contributed by atoms with van der Waals surface area (Å²) in [7, 11) is 1.72. The molecule has 1 atom stereocenters. The minimum atomic E-state index is 0.0805. The maximum Gasteiger partial charge on any atom is 0.118 e. The molecule has 2 aromatic carbocycles. The molecule has 0 aliphatic heterocycles. The standard InChI is InChI=1S/C20H24O/c1-14-6-11-17-18(12-14)20(4,13-19(17,2)3)15-7-9-16(21-5)10-8-15/h6-12H,13H2,1-5H3. The summed E-state index contributed by atoms with van der Waals surface area (Å²) in [5.41, 5.74) is 5.99. The molecule has 0 heterocycles. The third-order valence-corrected chi connectivity index (χ3v) is 5.02. The highest BCUT2D eigenvalue weighted by Gasteiger charge is 2.45. The van der Waals surface area contributed by atoms with E-state index in [2.05, 4.69) is 70.2 Å². The number of benzene rings is 2. The first-order chi connectivity index (χ1) is 9.87. The fraction of sp³-hybridized carbons (Fsp3) is 0.400. The van der Waals surface area contributed by atoms with Crippen LogP contribution in [0.3, 0.4) is 0 Å². The minimum Gasteiger partial charge on any atom is -0.497 e. The number of rotatable bonds is 2. The van der Waals surface area contributed by atoms with Crippen LogP contribution >= 0.6 is 0 Å². The zero-order valence-corrected chi connectivity index (χ0v) is 13.7. The van der Waals surface area contributed by atoms with E-state index in [0.29, 0.717) is 0 Å². The maximum atomic E-state index is 5.29. The Balaban J connectivity index is 2.16. The van der Waals surface area contributed by atoms with Crippen LogP contribution in [0.15, 0.2) is 42.5 Å². The summed E-state index contributed by atoms with van der Waals surface area (Å²) in [5, 5.41) is 0. The second-order valence-electron chi connectivity index (χ2n) is 7.17. The monoisotopic (exact) mass is 280 g/mol. The molecular formula is C20H24O. The lowest BCUT2D eigenvalue weighted by atomic mass is 9.75. The van der Waals surface area contributed by atoms with E-state index >= 15 is 0 Å². The van der Waals surface area contributed by atoms with Crippen molar-refractivity contribution < 1.29 is 4.74 Å². The van der Waals surface area contributed by atoms with Gasteiger partial charge >= 0.3 is 0 Å². The molecule has 3 rings (SSSR count). The van der Waals surface area contributed by atoms with Crippen molar-refractivity contribution in [2.75, 3.05) is 7.11 Å². The molecule has 0 spiro atoms. The van der Waals surface area contributed by atoms with Gasteiger partial charge in [-0.3, -0.25) is 0 Å². The highest BCUT2D eigenvalue weighted by atomic mass is 16.5. The van der Waals surface area contributed by atoms with Crippen molar-refractivity contribution in [3.05, 3.63) is 64.7 Å². The quantitative estimate of drug-likeness (QED) is 0.753. The number of hydrogen-bond donors (Lipinski definition) is 0. The summed E-state index contributed by atoms with van der Waals surface area (Å²) in [6.45, 7) is 9.27. The van der Waals surface area contributed by atoms with Gasteiger partial charge in [-0.05, 0) is 47.6 Å². The molecule has 0 fully saturated rings. The number of aryl methyl sites for hydroxylation is 1. The van der Waals surface area contributed by atoms with Crippen molar-refractivity contribution in [3.8, 4) is 5.75 Å². The Labute approximate surface area is 128 Å². The third kappa shape index (κ3) is 2.16. The average Bonchev–Trinajstić information content (AvgIpc) is 2.66. The zero-order chi connectivity index (χ0) is 15.3. The largest absolute Gasteiger partial charge is 0.497 e. The van der Waals surface area contributed by atoms with Gasteiger partial charge in [0.15, 0.2) is 0 Å². The average molecular weight is 280 g/mol. The van der Waals surface area contributed by atoms with Gasteiger partial charge in [-0.2, -0.15) is 0 Å². The summed E-state index contributed by atoms with van der Waals surface area (Å²) >= 11 is 0. The van der Waals surface area contributed by atoms with Crippen LogP contribution < -0.4 is 4.74 Å². The van der Waals surface area contributed by atoms with Gasteiger partial charge in [0.25, 0.3) is 0 Å². The molecule has 0 amide bonds. The fourth-order valence-electron chi connectivity index (χ4n) is 4.00. The SMILES string of the molecule is COc1ccc(C2(C)CC(C)(C)c3ccc(C)cc32)cc1. The molecule has 0 bridgehead atoms. The van der Waals surface area contributed by atoms with Crippen molar-refractivity contribution in [2.24, 2.45) is 0 Å². The Morgan fingerprint density at radius 3 is 2.19 bits per heavy atom. The fourth-order valence-corrected chi connectivity index (χ4v) is 4.00. The van der Waals surface area contributed by atoms with E-state index in [-0.39, 0.29) is 10.8 Å². The lowest BCUT2D eigenvalue weighted by molar-refractivity contribution is 0.411. The minimum absolute atomic E-state index is 0.0805. The Morgan fingerprint density at radius 1 is 0.905 bits per heavy atom. The Kier molecular flexibility index (Phi) is 3.12. The van der Waals surface area contributed by atoms with Gasteiger partial charge in [-0.25, -0.2) is 0 Å². The number of ether oxygens (including phenoxy) is 1. The molecule has 0 radical (unpaired) electrons. The van der Waals surface area contributed by atoms with Gasteiger partial charge in [0.1, 0.15) is 5.75 Å². The first kappa shape index (κ1) is 14.2. The van der Waals surface area contributed by atoms with Crippen LogP contribution in [0.5, 0.6) is 5.75 Å². The smallest absolute Gasteiger partial charge is 0.118 e. The predicted octanol–water partition coefficient (Wildman–Crippen LogP) is 4.99. The molecule has 1 aliphatic rings. The number of methoxy groups -OCH3 is 1. The van der Waals surface area contributed by atoms with Crippen molar-refractivity contribution in [1.29, 1.82) is 0 Å². The summed E-state index contributed by atoms with van der Waals surface area (Å²) < 4.78 is 5.29. The second kappa shape index (κ2) is 4.62. The van der Waals surface area contributed by atoms with Crippen LogP contribution in [0, 0.1) is 6.92 Å². The molecule has 1 aliphatic carbocycles.